The molecule has 0 unspecified atom stereocenters. The van der Waals surface area contributed by atoms with Crippen molar-refractivity contribution in [2.45, 2.75) is 18.7 Å². The maximum Gasteiger partial charge on any atom is 0.214 e. The summed E-state index contributed by atoms with van der Waals surface area (Å²) >= 11 is 3.57. The number of ether oxygens (including phenoxy) is 3. The van der Waals surface area contributed by atoms with Gasteiger partial charge in [0.1, 0.15) is 11.6 Å². The fourth-order valence-electron chi connectivity index (χ4n) is 4.10. The van der Waals surface area contributed by atoms with E-state index in [1.165, 1.54) is 12.1 Å². The van der Waals surface area contributed by atoms with E-state index in [1.54, 1.807) is 26.4 Å². The molecule has 5 rings (SSSR count). The van der Waals surface area contributed by atoms with Gasteiger partial charge in [0.2, 0.25) is 6.23 Å². The summed E-state index contributed by atoms with van der Waals surface area (Å²) in [5.74, 6) is 1.84. The molecular formula is C24H20BrFN2O3. The third-order valence-electron chi connectivity index (χ3n) is 5.62. The van der Waals surface area contributed by atoms with E-state index in [0.717, 1.165) is 32.6 Å². The molecule has 3 aromatic carbocycles. The molecule has 0 amide bonds. The number of halogens is 2. The van der Waals surface area contributed by atoms with Gasteiger partial charge in [-0.1, -0.05) is 28.1 Å². The Hall–Kier alpha value is -3.06. The summed E-state index contributed by atoms with van der Waals surface area (Å²) in [4.78, 5) is 0. The van der Waals surface area contributed by atoms with Crippen LogP contribution in [0.4, 0.5) is 4.39 Å². The van der Waals surface area contributed by atoms with Crippen LogP contribution in [-0.2, 0) is 0 Å². The van der Waals surface area contributed by atoms with Crippen molar-refractivity contribution in [3.05, 3.63) is 87.6 Å². The summed E-state index contributed by atoms with van der Waals surface area (Å²) in [6.07, 6.45) is 0.263. The topological polar surface area (TPSA) is 43.3 Å². The number of hydrazone groups is 1. The molecule has 0 aromatic heterocycles. The summed E-state index contributed by atoms with van der Waals surface area (Å²) < 4.78 is 31.7. The average Bonchev–Trinajstić information content (AvgIpc) is 3.24. The second-order valence-electron chi connectivity index (χ2n) is 7.42. The Balaban J connectivity index is 1.60. The van der Waals surface area contributed by atoms with Gasteiger partial charge in [-0.2, -0.15) is 5.10 Å². The number of fused-ring (bicyclic) bond motifs is 3. The van der Waals surface area contributed by atoms with Crippen LogP contribution in [0, 0.1) is 5.82 Å². The Morgan fingerprint density at radius 1 is 1.00 bits per heavy atom. The molecule has 0 aliphatic carbocycles. The molecule has 2 aliphatic rings. The molecule has 0 spiro atoms. The predicted molar refractivity (Wildman–Crippen MR) is 119 cm³/mol. The zero-order chi connectivity index (χ0) is 21.5. The highest BCUT2D eigenvalue weighted by molar-refractivity contribution is 9.10. The highest BCUT2D eigenvalue weighted by atomic mass is 79.9. The zero-order valence-corrected chi connectivity index (χ0v) is 18.6. The maximum atomic E-state index is 13.4. The minimum absolute atomic E-state index is 0.000556. The first-order valence-corrected chi connectivity index (χ1v) is 10.7. The van der Waals surface area contributed by atoms with Gasteiger partial charge in [-0.3, -0.25) is 0 Å². The van der Waals surface area contributed by atoms with Gasteiger partial charge in [0.05, 0.1) is 26.0 Å². The number of benzene rings is 3. The third-order valence-corrected chi connectivity index (χ3v) is 6.12. The Bertz CT molecular complexity index is 1170. The fourth-order valence-corrected chi connectivity index (χ4v) is 4.48. The second-order valence-corrected chi connectivity index (χ2v) is 8.34. The molecule has 31 heavy (non-hydrogen) atoms. The van der Waals surface area contributed by atoms with Crippen LogP contribution < -0.4 is 14.2 Å². The first kappa shape index (κ1) is 19.9. The molecule has 0 bridgehead atoms. The van der Waals surface area contributed by atoms with Gasteiger partial charge in [0, 0.05) is 22.0 Å². The van der Waals surface area contributed by atoms with E-state index in [4.69, 9.17) is 19.3 Å². The van der Waals surface area contributed by atoms with Gasteiger partial charge in [-0.25, -0.2) is 9.40 Å². The Kier molecular flexibility index (Phi) is 5.06. The lowest BCUT2D eigenvalue weighted by molar-refractivity contribution is -0.0192. The Morgan fingerprint density at radius 2 is 1.77 bits per heavy atom. The minimum atomic E-state index is -0.434. The fraction of sp³-hybridized carbons (Fsp3) is 0.208. The second kappa shape index (κ2) is 7.89. The van der Waals surface area contributed by atoms with Crippen molar-refractivity contribution in [3.63, 3.8) is 0 Å². The normalized spacial score (nSPS) is 19.2. The Morgan fingerprint density at radius 3 is 2.52 bits per heavy atom. The lowest BCUT2D eigenvalue weighted by atomic mass is 9.96. The lowest BCUT2D eigenvalue weighted by Crippen LogP contribution is -2.33. The van der Waals surface area contributed by atoms with Crippen molar-refractivity contribution in [2.24, 2.45) is 5.10 Å². The molecule has 158 valence electrons. The molecule has 0 radical (unpaired) electrons. The van der Waals surface area contributed by atoms with Crippen LogP contribution in [-0.4, -0.2) is 24.9 Å². The van der Waals surface area contributed by atoms with Crippen molar-refractivity contribution in [1.82, 2.24) is 5.01 Å². The molecule has 3 aromatic rings. The molecule has 2 atom stereocenters. The number of rotatable bonds is 4. The van der Waals surface area contributed by atoms with E-state index in [9.17, 15) is 4.39 Å². The summed E-state index contributed by atoms with van der Waals surface area (Å²) in [6.45, 7) is 0. The molecule has 0 N–H and O–H groups in total. The summed E-state index contributed by atoms with van der Waals surface area (Å²) in [6, 6.07) is 18.2. The smallest absolute Gasteiger partial charge is 0.214 e. The van der Waals surface area contributed by atoms with Crippen LogP contribution >= 0.6 is 15.9 Å². The van der Waals surface area contributed by atoms with Gasteiger partial charge in [-0.05, 0) is 54.1 Å². The van der Waals surface area contributed by atoms with E-state index in [-0.39, 0.29) is 11.9 Å². The van der Waals surface area contributed by atoms with E-state index >= 15 is 0 Å². The predicted octanol–water partition coefficient (Wildman–Crippen LogP) is 5.85. The molecular weight excluding hydrogens is 463 g/mol. The number of nitrogens with zero attached hydrogens (tertiary/aromatic N) is 2. The molecule has 0 saturated heterocycles. The van der Waals surface area contributed by atoms with Gasteiger partial charge in [0.25, 0.3) is 0 Å². The number of hydrogen-bond donors (Lipinski definition) is 0. The molecule has 5 nitrogen and oxygen atoms in total. The van der Waals surface area contributed by atoms with E-state index in [1.807, 2.05) is 35.3 Å². The zero-order valence-electron chi connectivity index (χ0n) is 17.0. The minimum Gasteiger partial charge on any atom is -0.493 e. The molecule has 0 saturated carbocycles. The van der Waals surface area contributed by atoms with Crippen molar-refractivity contribution in [1.29, 1.82) is 0 Å². The molecule has 2 aliphatic heterocycles. The van der Waals surface area contributed by atoms with Crippen LogP contribution in [0.1, 0.15) is 35.4 Å². The maximum absolute atomic E-state index is 13.4. The van der Waals surface area contributed by atoms with Crippen LogP contribution in [0.3, 0.4) is 0 Å². The van der Waals surface area contributed by atoms with Gasteiger partial charge < -0.3 is 14.2 Å². The highest BCUT2D eigenvalue weighted by Gasteiger charge is 2.41. The summed E-state index contributed by atoms with van der Waals surface area (Å²) in [7, 11) is 3.22. The number of hydrogen-bond acceptors (Lipinski definition) is 5. The monoisotopic (exact) mass is 482 g/mol. The third kappa shape index (κ3) is 3.53. The van der Waals surface area contributed by atoms with Crippen molar-refractivity contribution in [3.8, 4) is 17.2 Å². The summed E-state index contributed by atoms with van der Waals surface area (Å²) in [5, 5.41) is 6.89. The van der Waals surface area contributed by atoms with Crippen molar-refractivity contribution < 1.29 is 18.6 Å². The summed E-state index contributed by atoms with van der Waals surface area (Å²) in [5.41, 5.74) is 3.76. The van der Waals surface area contributed by atoms with Crippen molar-refractivity contribution in [2.75, 3.05) is 14.2 Å². The van der Waals surface area contributed by atoms with Gasteiger partial charge in [-0.15, -0.1) is 0 Å². The van der Waals surface area contributed by atoms with E-state index in [2.05, 4.69) is 22.0 Å². The van der Waals surface area contributed by atoms with Gasteiger partial charge in [0.15, 0.2) is 11.5 Å². The lowest BCUT2D eigenvalue weighted by Gasteiger charge is -2.38. The van der Waals surface area contributed by atoms with Crippen LogP contribution in [0.2, 0.25) is 0 Å². The molecule has 2 heterocycles. The quantitative estimate of drug-likeness (QED) is 0.467. The van der Waals surface area contributed by atoms with Crippen molar-refractivity contribution >= 4 is 21.6 Å². The highest BCUT2D eigenvalue weighted by Crippen LogP contribution is 2.48. The van der Waals surface area contributed by atoms with Crippen LogP contribution in [0.5, 0.6) is 17.2 Å². The average molecular weight is 483 g/mol. The number of methoxy groups -OCH3 is 2. The Labute approximate surface area is 188 Å². The first-order chi connectivity index (χ1) is 15.1. The van der Waals surface area contributed by atoms with Crippen LogP contribution in [0.15, 0.2) is 70.2 Å². The first-order valence-electron chi connectivity index (χ1n) is 9.87. The van der Waals surface area contributed by atoms with Crippen LogP contribution in [0.25, 0.3) is 0 Å². The van der Waals surface area contributed by atoms with E-state index < -0.39 is 6.23 Å². The van der Waals surface area contributed by atoms with Gasteiger partial charge >= 0.3 is 0 Å². The van der Waals surface area contributed by atoms with E-state index in [0.29, 0.717) is 17.9 Å². The molecule has 0 fully saturated rings. The molecule has 7 heteroatoms. The standard InChI is InChI=1S/C24H20BrFN2O3/c1-29-22-9-5-15(11-23(22)30-2)24-28-20(18-12-16(25)6-10-21(18)31-24)13-19(27-28)14-3-7-17(26)8-4-14/h3-12,20,24H,13H2,1-2H3/t20-,24-/m1/s1. The largest absolute Gasteiger partial charge is 0.493 e. The SMILES string of the molecule is COc1ccc([C@H]2Oc3ccc(Br)cc3[C@H]3CC(c4ccc(F)cc4)=NN32)cc1OC.